The Bertz CT molecular complexity index is 564. The van der Waals surface area contributed by atoms with Gasteiger partial charge in [0.2, 0.25) is 0 Å². The van der Waals surface area contributed by atoms with Crippen LogP contribution in [0.2, 0.25) is 0 Å². The average molecular weight is 262 g/mol. The van der Waals surface area contributed by atoms with Crippen LogP contribution in [0.1, 0.15) is 30.9 Å². The van der Waals surface area contributed by atoms with Crippen LogP contribution in [-0.4, -0.2) is 0 Å². The molecule has 0 aliphatic heterocycles. The van der Waals surface area contributed by atoms with Gasteiger partial charge in [0.1, 0.15) is 12.4 Å². The summed E-state index contributed by atoms with van der Waals surface area (Å²) < 4.78 is 32.2. The van der Waals surface area contributed by atoms with Gasteiger partial charge in [-0.25, -0.2) is 8.78 Å². The highest BCUT2D eigenvalue weighted by molar-refractivity contribution is 5.35. The highest BCUT2D eigenvalue weighted by atomic mass is 19.2. The Morgan fingerprint density at radius 1 is 1.00 bits per heavy atom. The molecule has 0 unspecified atom stereocenters. The Hall–Kier alpha value is -1.90. The SMILES string of the molecule is CC(C)c1ccccc1OCc1cccc(F)c1F. The Labute approximate surface area is 111 Å². The van der Waals surface area contributed by atoms with E-state index in [0.717, 1.165) is 11.6 Å². The van der Waals surface area contributed by atoms with Crippen molar-refractivity contribution in [2.45, 2.75) is 26.4 Å². The molecule has 2 aromatic carbocycles. The van der Waals surface area contributed by atoms with E-state index in [1.54, 1.807) is 0 Å². The van der Waals surface area contributed by atoms with Crippen LogP contribution < -0.4 is 4.74 Å². The molecule has 0 saturated heterocycles. The number of rotatable bonds is 4. The van der Waals surface area contributed by atoms with Gasteiger partial charge in [-0.3, -0.25) is 0 Å². The van der Waals surface area contributed by atoms with E-state index in [2.05, 4.69) is 13.8 Å². The molecule has 0 radical (unpaired) electrons. The molecule has 0 saturated carbocycles. The zero-order chi connectivity index (χ0) is 13.8. The molecule has 0 N–H and O–H groups in total. The van der Waals surface area contributed by atoms with Gasteiger partial charge in [0.25, 0.3) is 0 Å². The zero-order valence-electron chi connectivity index (χ0n) is 11.0. The van der Waals surface area contributed by atoms with Crippen LogP contribution in [0.4, 0.5) is 8.78 Å². The summed E-state index contributed by atoms with van der Waals surface area (Å²) in [5, 5.41) is 0. The fourth-order valence-corrected chi connectivity index (χ4v) is 1.90. The summed E-state index contributed by atoms with van der Waals surface area (Å²) in [5.41, 5.74) is 1.28. The lowest BCUT2D eigenvalue weighted by Crippen LogP contribution is -2.02. The van der Waals surface area contributed by atoms with Gasteiger partial charge in [0, 0.05) is 5.56 Å². The molecule has 0 amide bonds. The number of ether oxygens (including phenoxy) is 1. The first-order valence-electron chi connectivity index (χ1n) is 6.24. The smallest absolute Gasteiger partial charge is 0.165 e. The van der Waals surface area contributed by atoms with Gasteiger partial charge in [0.15, 0.2) is 11.6 Å². The van der Waals surface area contributed by atoms with Crippen LogP contribution >= 0.6 is 0 Å². The van der Waals surface area contributed by atoms with Crippen molar-refractivity contribution >= 4 is 0 Å². The molecule has 2 rings (SSSR count). The van der Waals surface area contributed by atoms with E-state index in [9.17, 15) is 8.78 Å². The van der Waals surface area contributed by atoms with E-state index in [0.29, 0.717) is 11.7 Å². The van der Waals surface area contributed by atoms with Crippen molar-refractivity contribution in [3.63, 3.8) is 0 Å². The molecule has 0 aromatic heterocycles. The molecule has 100 valence electrons. The topological polar surface area (TPSA) is 9.23 Å². The Kier molecular flexibility index (Phi) is 4.15. The van der Waals surface area contributed by atoms with Crippen molar-refractivity contribution in [3.8, 4) is 5.75 Å². The van der Waals surface area contributed by atoms with E-state index < -0.39 is 11.6 Å². The van der Waals surface area contributed by atoms with Crippen molar-refractivity contribution in [2.24, 2.45) is 0 Å². The Balaban J connectivity index is 2.17. The van der Waals surface area contributed by atoms with Crippen molar-refractivity contribution in [1.82, 2.24) is 0 Å². The van der Waals surface area contributed by atoms with Crippen LogP contribution in [0.15, 0.2) is 42.5 Å². The summed E-state index contributed by atoms with van der Waals surface area (Å²) in [7, 11) is 0. The third-order valence-corrected chi connectivity index (χ3v) is 2.96. The van der Waals surface area contributed by atoms with E-state index >= 15 is 0 Å². The second kappa shape index (κ2) is 5.83. The minimum atomic E-state index is -0.849. The van der Waals surface area contributed by atoms with Gasteiger partial charge >= 0.3 is 0 Å². The maximum atomic E-state index is 13.5. The number of halogens is 2. The van der Waals surface area contributed by atoms with E-state index in [1.807, 2.05) is 24.3 Å². The summed E-state index contributed by atoms with van der Waals surface area (Å²) in [4.78, 5) is 0. The van der Waals surface area contributed by atoms with Crippen molar-refractivity contribution < 1.29 is 13.5 Å². The zero-order valence-corrected chi connectivity index (χ0v) is 11.0. The first kappa shape index (κ1) is 13.5. The van der Waals surface area contributed by atoms with E-state index in [1.165, 1.54) is 12.1 Å². The van der Waals surface area contributed by atoms with Crippen molar-refractivity contribution in [2.75, 3.05) is 0 Å². The first-order chi connectivity index (χ1) is 9.09. The molecule has 0 atom stereocenters. The summed E-state index contributed by atoms with van der Waals surface area (Å²) in [5.74, 6) is -0.669. The number of benzene rings is 2. The maximum Gasteiger partial charge on any atom is 0.165 e. The van der Waals surface area contributed by atoms with Gasteiger partial charge in [0.05, 0.1) is 0 Å². The molecule has 0 fully saturated rings. The number of hydrogen-bond acceptors (Lipinski definition) is 1. The third kappa shape index (κ3) is 3.11. The first-order valence-corrected chi connectivity index (χ1v) is 6.24. The minimum absolute atomic E-state index is 0.0212. The van der Waals surface area contributed by atoms with Gasteiger partial charge in [-0.1, -0.05) is 44.2 Å². The fraction of sp³-hybridized carbons (Fsp3) is 0.250. The Morgan fingerprint density at radius 2 is 1.74 bits per heavy atom. The van der Waals surface area contributed by atoms with Crippen LogP contribution in [-0.2, 0) is 6.61 Å². The minimum Gasteiger partial charge on any atom is -0.489 e. The predicted octanol–water partition coefficient (Wildman–Crippen LogP) is 4.67. The summed E-state index contributed by atoms with van der Waals surface area (Å²) in [6, 6.07) is 11.7. The molecule has 0 aliphatic carbocycles. The van der Waals surface area contributed by atoms with Gasteiger partial charge in [-0.15, -0.1) is 0 Å². The third-order valence-electron chi connectivity index (χ3n) is 2.96. The molecule has 19 heavy (non-hydrogen) atoms. The average Bonchev–Trinajstić information content (AvgIpc) is 2.40. The molecule has 3 heteroatoms. The lowest BCUT2D eigenvalue weighted by molar-refractivity contribution is 0.293. The largest absolute Gasteiger partial charge is 0.489 e. The Morgan fingerprint density at radius 3 is 2.47 bits per heavy atom. The van der Waals surface area contributed by atoms with Gasteiger partial charge in [-0.2, -0.15) is 0 Å². The van der Waals surface area contributed by atoms with Crippen LogP contribution in [0.5, 0.6) is 5.75 Å². The molecule has 0 aliphatic rings. The van der Waals surface area contributed by atoms with E-state index in [-0.39, 0.29) is 12.2 Å². The molecular formula is C16H16F2O. The van der Waals surface area contributed by atoms with Gasteiger partial charge in [-0.05, 0) is 23.6 Å². The standard InChI is InChI=1S/C16H16F2O/c1-11(2)13-7-3-4-9-15(13)19-10-12-6-5-8-14(17)16(12)18/h3-9,11H,10H2,1-2H3. The number of para-hydroxylation sites is 1. The second-order valence-corrected chi connectivity index (χ2v) is 4.69. The lowest BCUT2D eigenvalue weighted by atomic mass is 10.0. The molecule has 0 bridgehead atoms. The normalized spacial score (nSPS) is 10.8. The molecule has 2 aromatic rings. The summed E-state index contributed by atoms with van der Waals surface area (Å²) >= 11 is 0. The van der Waals surface area contributed by atoms with Crippen LogP contribution in [0, 0.1) is 11.6 Å². The molecule has 0 spiro atoms. The van der Waals surface area contributed by atoms with Crippen LogP contribution in [0.3, 0.4) is 0 Å². The fourth-order valence-electron chi connectivity index (χ4n) is 1.90. The van der Waals surface area contributed by atoms with Crippen molar-refractivity contribution in [1.29, 1.82) is 0 Å². The van der Waals surface area contributed by atoms with Crippen LogP contribution in [0.25, 0.3) is 0 Å². The maximum absolute atomic E-state index is 13.5. The highest BCUT2D eigenvalue weighted by Crippen LogP contribution is 2.26. The van der Waals surface area contributed by atoms with Crippen molar-refractivity contribution in [3.05, 3.63) is 65.2 Å². The monoisotopic (exact) mass is 262 g/mol. The predicted molar refractivity (Wildman–Crippen MR) is 71.2 cm³/mol. The summed E-state index contributed by atoms with van der Waals surface area (Å²) in [6.07, 6.45) is 0. The lowest BCUT2D eigenvalue weighted by Gasteiger charge is -2.14. The van der Waals surface area contributed by atoms with Gasteiger partial charge < -0.3 is 4.74 Å². The molecule has 0 heterocycles. The van der Waals surface area contributed by atoms with E-state index in [4.69, 9.17) is 4.74 Å². The molecule has 1 nitrogen and oxygen atoms in total. The summed E-state index contributed by atoms with van der Waals surface area (Å²) in [6.45, 7) is 4.14. The molecular weight excluding hydrogens is 246 g/mol. The second-order valence-electron chi connectivity index (χ2n) is 4.69. The quantitative estimate of drug-likeness (QED) is 0.778. The highest BCUT2D eigenvalue weighted by Gasteiger charge is 2.10. The number of hydrogen-bond donors (Lipinski definition) is 0.